The van der Waals surface area contributed by atoms with E-state index < -0.39 is 0 Å². The molecule has 0 aliphatic heterocycles. The fourth-order valence-corrected chi connectivity index (χ4v) is 3.98. The van der Waals surface area contributed by atoms with E-state index in [1.165, 1.54) is 12.1 Å². The van der Waals surface area contributed by atoms with Gasteiger partial charge in [0, 0.05) is 46.1 Å². The highest BCUT2D eigenvalue weighted by Gasteiger charge is 2.16. The van der Waals surface area contributed by atoms with E-state index in [-0.39, 0.29) is 5.82 Å². The number of benzene rings is 1. The van der Waals surface area contributed by atoms with Crippen LogP contribution in [0.15, 0.2) is 61.3 Å². The zero-order valence-corrected chi connectivity index (χ0v) is 16.4. The summed E-state index contributed by atoms with van der Waals surface area (Å²) in [5.74, 6) is -0.265. The van der Waals surface area contributed by atoms with Crippen molar-refractivity contribution in [2.24, 2.45) is 0 Å². The second-order valence-electron chi connectivity index (χ2n) is 7.53. The molecular weight excluding hydrogens is 393 g/mol. The Hall–Kier alpha value is -4.33. The van der Waals surface area contributed by atoms with Gasteiger partial charge < -0.3 is 4.98 Å². The molecule has 7 nitrogen and oxygen atoms in total. The zero-order valence-electron chi connectivity index (χ0n) is 16.4. The minimum Gasteiger partial charge on any atom is -0.352 e. The number of pyridine rings is 2. The maximum atomic E-state index is 14.0. The van der Waals surface area contributed by atoms with Gasteiger partial charge in [0.05, 0.1) is 23.6 Å². The van der Waals surface area contributed by atoms with Gasteiger partial charge in [-0.3, -0.25) is 15.2 Å². The SMILES string of the molecule is Cc1cc(F)cc(-c2cncc3[nH]c(-c4n[nH]c5ncc(-c6cn[nH]c6)cc45)cc23)c1. The number of aromatic nitrogens is 7. The summed E-state index contributed by atoms with van der Waals surface area (Å²) in [5, 5.41) is 16.2. The Morgan fingerprint density at radius 1 is 0.871 bits per heavy atom. The van der Waals surface area contributed by atoms with Gasteiger partial charge in [0.15, 0.2) is 5.65 Å². The number of hydrogen-bond donors (Lipinski definition) is 3. The Balaban J connectivity index is 1.53. The summed E-state index contributed by atoms with van der Waals surface area (Å²) >= 11 is 0. The van der Waals surface area contributed by atoms with Gasteiger partial charge in [0.1, 0.15) is 11.5 Å². The maximum absolute atomic E-state index is 14.0. The Bertz CT molecular complexity index is 1540. The van der Waals surface area contributed by atoms with Crippen molar-refractivity contribution in [2.45, 2.75) is 6.92 Å². The van der Waals surface area contributed by atoms with Crippen LogP contribution in [0.2, 0.25) is 0 Å². The van der Waals surface area contributed by atoms with Gasteiger partial charge >= 0.3 is 0 Å². The first kappa shape index (κ1) is 17.5. The average molecular weight is 409 g/mol. The third-order valence-corrected chi connectivity index (χ3v) is 5.40. The van der Waals surface area contributed by atoms with Gasteiger partial charge in [-0.15, -0.1) is 0 Å². The third-order valence-electron chi connectivity index (χ3n) is 5.40. The molecule has 0 radical (unpaired) electrons. The number of nitrogens with zero attached hydrogens (tertiary/aromatic N) is 4. The summed E-state index contributed by atoms with van der Waals surface area (Å²) < 4.78 is 14.0. The molecule has 0 saturated carbocycles. The van der Waals surface area contributed by atoms with Crippen molar-refractivity contribution in [1.29, 1.82) is 0 Å². The smallest absolute Gasteiger partial charge is 0.155 e. The Labute approximate surface area is 175 Å². The monoisotopic (exact) mass is 409 g/mol. The van der Waals surface area contributed by atoms with Gasteiger partial charge in [-0.2, -0.15) is 10.2 Å². The minimum atomic E-state index is -0.265. The highest BCUT2D eigenvalue weighted by Crippen LogP contribution is 2.34. The normalized spacial score (nSPS) is 11.5. The third kappa shape index (κ3) is 2.88. The predicted octanol–water partition coefficient (Wildman–Crippen LogP) is 5.01. The summed E-state index contributed by atoms with van der Waals surface area (Å²) in [7, 11) is 0. The van der Waals surface area contributed by atoms with Gasteiger partial charge in [0.2, 0.25) is 0 Å². The highest BCUT2D eigenvalue weighted by molar-refractivity contribution is 6.00. The first-order valence-corrected chi connectivity index (χ1v) is 9.74. The average Bonchev–Trinajstić information content (AvgIpc) is 3.50. The van der Waals surface area contributed by atoms with Crippen molar-refractivity contribution in [2.75, 3.05) is 0 Å². The van der Waals surface area contributed by atoms with E-state index in [9.17, 15) is 4.39 Å². The van der Waals surface area contributed by atoms with Crippen molar-refractivity contribution in [1.82, 2.24) is 35.3 Å². The number of fused-ring (bicyclic) bond motifs is 2. The Kier molecular flexibility index (Phi) is 3.73. The Morgan fingerprint density at radius 3 is 2.65 bits per heavy atom. The van der Waals surface area contributed by atoms with Crippen LogP contribution in [0.1, 0.15) is 5.56 Å². The van der Waals surface area contributed by atoms with E-state index in [2.05, 4.69) is 35.3 Å². The van der Waals surface area contributed by atoms with Crippen LogP contribution in [0.4, 0.5) is 4.39 Å². The molecule has 3 N–H and O–H groups in total. The van der Waals surface area contributed by atoms with Crippen LogP contribution in [-0.4, -0.2) is 35.3 Å². The van der Waals surface area contributed by atoms with Crippen molar-refractivity contribution in [3.8, 4) is 33.6 Å². The molecule has 0 aliphatic carbocycles. The number of halogens is 1. The lowest BCUT2D eigenvalue weighted by atomic mass is 10.0. The van der Waals surface area contributed by atoms with E-state index >= 15 is 0 Å². The molecule has 0 aliphatic rings. The molecule has 0 amide bonds. The van der Waals surface area contributed by atoms with E-state index in [4.69, 9.17) is 0 Å². The van der Waals surface area contributed by atoms with Gasteiger partial charge in [-0.25, -0.2) is 9.37 Å². The lowest BCUT2D eigenvalue weighted by molar-refractivity contribution is 0.627. The van der Waals surface area contributed by atoms with Crippen molar-refractivity contribution >= 4 is 21.9 Å². The fraction of sp³-hybridized carbons (Fsp3) is 0.0435. The molecule has 0 spiro atoms. The molecule has 6 rings (SSSR count). The predicted molar refractivity (Wildman–Crippen MR) is 117 cm³/mol. The van der Waals surface area contributed by atoms with Crippen LogP contribution in [-0.2, 0) is 0 Å². The van der Waals surface area contributed by atoms with E-state index in [0.717, 1.165) is 55.5 Å². The quantitative estimate of drug-likeness (QED) is 0.383. The summed E-state index contributed by atoms with van der Waals surface area (Å²) in [6.07, 6.45) is 8.89. The number of H-pyrrole nitrogens is 3. The summed E-state index contributed by atoms with van der Waals surface area (Å²) in [5.41, 5.74) is 7.53. The fourth-order valence-electron chi connectivity index (χ4n) is 3.98. The second-order valence-corrected chi connectivity index (χ2v) is 7.53. The zero-order chi connectivity index (χ0) is 20.9. The minimum absolute atomic E-state index is 0.265. The molecule has 150 valence electrons. The van der Waals surface area contributed by atoms with Crippen LogP contribution >= 0.6 is 0 Å². The van der Waals surface area contributed by atoms with Crippen molar-refractivity contribution in [3.63, 3.8) is 0 Å². The van der Waals surface area contributed by atoms with E-state index in [0.29, 0.717) is 5.65 Å². The molecule has 1 aromatic carbocycles. The lowest BCUT2D eigenvalue weighted by Crippen LogP contribution is -1.85. The summed E-state index contributed by atoms with van der Waals surface area (Å²) in [6.45, 7) is 1.88. The summed E-state index contributed by atoms with van der Waals surface area (Å²) in [6, 6.07) is 9.05. The van der Waals surface area contributed by atoms with Gasteiger partial charge in [-0.1, -0.05) is 6.07 Å². The van der Waals surface area contributed by atoms with Crippen molar-refractivity contribution < 1.29 is 4.39 Å². The van der Waals surface area contributed by atoms with Gasteiger partial charge in [-0.05, 0) is 42.3 Å². The first-order chi connectivity index (χ1) is 15.2. The number of aryl methyl sites for hydroxylation is 1. The van der Waals surface area contributed by atoms with Crippen LogP contribution < -0.4 is 0 Å². The number of hydrogen-bond acceptors (Lipinski definition) is 4. The topological polar surface area (TPSA) is 98.9 Å². The van der Waals surface area contributed by atoms with E-state index in [1.54, 1.807) is 24.8 Å². The molecule has 0 saturated heterocycles. The maximum Gasteiger partial charge on any atom is 0.155 e. The molecule has 5 aromatic heterocycles. The van der Waals surface area contributed by atoms with Crippen molar-refractivity contribution in [3.05, 3.63) is 72.7 Å². The standard InChI is InChI=1S/C23H16FN7/c1-12-2-13(4-16(24)3-12)19-10-25-11-21-17(19)6-20(29-21)22-18-5-14(15-8-27-28-9-15)7-26-23(18)31-30-22/h2-11,29H,1H3,(H,27,28)(H,26,30,31). The van der Waals surface area contributed by atoms with E-state index in [1.807, 2.05) is 31.3 Å². The Morgan fingerprint density at radius 2 is 1.81 bits per heavy atom. The number of aromatic amines is 3. The highest BCUT2D eigenvalue weighted by atomic mass is 19.1. The van der Waals surface area contributed by atoms with Crippen LogP contribution in [0.25, 0.3) is 55.6 Å². The molecule has 0 unspecified atom stereocenters. The number of nitrogens with one attached hydrogen (secondary N) is 3. The van der Waals surface area contributed by atoms with Crippen LogP contribution in [0.3, 0.4) is 0 Å². The number of rotatable bonds is 3. The largest absolute Gasteiger partial charge is 0.352 e. The molecule has 0 atom stereocenters. The molecule has 8 heteroatoms. The molecule has 0 fully saturated rings. The molecule has 6 aromatic rings. The van der Waals surface area contributed by atoms with Crippen LogP contribution in [0, 0.1) is 12.7 Å². The molecular formula is C23H16FN7. The molecule has 5 heterocycles. The second kappa shape index (κ2) is 6.60. The van der Waals surface area contributed by atoms with Crippen LogP contribution in [0.5, 0.6) is 0 Å². The first-order valence-electron chi connectivity index (χ1n) is 9.74. The molecule has 0 bridgehead atoms. The van der Waals surface area contributed by atoms with Gasteiger partial charge in [0.25, 0.3) is 0 Å². The molecule has 31 heavy (non-hydrogen) atoms. The lowest BCUT2D eigenvalue weighted by Gasteiger charge is -2.05. The summed E-state index contributed by atoms with van der Waals surface area (Å²) in [4.78, 5) is 12.2.